The molecule has 3 N–H and O–H groups in total. The standard InChI is InChI=1S/C33H29N7O2/c1-21(38-32-27(19-37-33(34)39-32)24-9-7-14-35-18-24)28-16-23-8-6-12-26(22-13-15-36-30(17-22)42-2)31(23)29(41)20-40(28)25-10-4-3-5-11-25/h3-19,21H,20H2,1-2H3,(H3,34,37,38,39). The number of pyridine rings is 2. The molecule has 1 aliphatic heterocycles. The molecule has 9 heteroatoms. The van der Waals surface area contributed by atoms with E-state index in [9.17, 15) is 4.79 Å². The number of ether oxygens (including phenoxy) is 1. The van der Waals surface area contributed by atoms with Crippen LogP contribution in [0.1, 0.15) is 22.8 Å². The molecule has 0 amide bonds. The fraction of sp³-hybridized carbons (Fsp3) is 0.121. The second kappa shape index (κ2) is 11.5. The molecule has 0 spiro atoms. The zero-order valence-corrected chi connectivity index (χ0v) is 23.2. The molecular formula is C33H29N7O2. The Balaban J connectivity index is 1.47. The Bertz CT molecular complexity index is 1770. The first kappa shape index (κ1) is 26.6. The Morgan fingerprint density at radius 1 is 0.929 bits per heavy atom. The maximum atomic E-state index is 14.1. The summed E-state index contributed by atoms with van der Waals surface area (Å²) in [5, 5.41) is 3.55. The van der Waals surface area contributed by atoms with Crippen LogP contribution in [0.25, 0.3) is 28.3 Å². The van der Waals surface area contributed by atoms with Gasteiger partial charge in [-0.2, -0.15) is 4.98 Å². The van der Waals surface area contributed by atoms with Gasteiger partial charge in [0.2, 0.25) is 11.8 Å². The van der Waals surface area contributed by atoms with Crippen LogP contribution in [0, 0.1) is 0 Å². The lowest BCUT2D eigenvalue weighted by molar-refractivity contribution is 0.100. The van der Waals surface area contributed by atoms with Crippen LogP contribution in [0.5, 0.6) is 5.88 Å². The molecule has 1 atom stereocenters. The van der Waals surface area contributed by atoms with Crippen LogP contribution in [-0.2, 0) is 0 Å². The lowest BCUT2D eigenvalue weighted by atomic mass is 9.93. The number of aromatic nitrogens is 4. The van der Waals surface area contributed by atoms with E-state index in [1.165, 1.54) is 0 Å². The highest BCUT2D eigenvalue weighted by Gasteiger charge is 2.29. The van der Waals surface area contributed by atoms with Gasteiger partial charge >= 0.3 is 0 Å². The number of nitrogen functional groups attached to an aromatic ring is 1. The van der Waals surface area contributed by atoms with E-state index < -0.39 is 0 Å². The molecule has 0 saturated heterocycles. The number of Topliss-reactive ketones (excluding diaryl/α,β-unsaturated/α-hetero) is 1. The van der Waals surface area contributed by atoms with E-state index in [2.05, 4.69) is 31.3 Å². The van der Waals surface area contributed by atoms with Crippen molar-refractivity contribution in [2.75, 3.05) is 29.6 Å². The molecule has 42 heavy (non-hydrogen) atoms. The third-order valence-corrected chi connectivity index (χ3v) is 7.19. The quantitative estimate of drug-likeness (QED) is 0.259. The Hall–Kier alpha value is -5.57. The number of benzene rings is 2. The van der Waals surface area contributed by atoms with Crippen LogP contribution in [0.4, 0.5) is 17.5 Å². The summed E-state index contributed by atoms with van der Waals surface area (Å²) in [6.07, 6.45) is 8.93. The van der Waals surface area contributed by atoms with E-state index >= 15 is 0 Å². The van der Waals surface area contributed by atoms with Crippen molar-refractivity contribution in [1.82, 2.24) is 19.9 Å². The van der Waals surface area contributed by atoms with Gasteiger partial charge in [0.05, 0.1) is 19.7 Å². The summed E-state index contributed by atoms with van der Waals surface area (Å²) in [7, 11) is 1.58. The molecule has 4 heterocycles. The number of methoxy groups -OCH3 is 1. The predicted octanol–water partition coefficient (Wildman–Crippen LogP) is 5.74. The summed E-state index contributed by atoms with van der Waals surface area (Å²) in [6, 6.07) is 23.1. The van der Waals surface area contributed by atoms with Crippen molar-refractivity contribution in [1.29, 1.82) is 0 Å². The number of rotatable bonds is 7. The summed E-state index contributed by atoms with van der Waals surface area (Å²) in [6.45, 7) is 2.19. The Morgan fingerprint density at radius 2 is 1.79 bits per heavy atom. The first-order valence-corrected chi connectivity index (χ1v) is 13.5. The molecule has 0 radical (unpaired) electrons. The zero-order valence-electron chi connectivity index (χ0n) is 23.2. The molecule has 3 aromatic heterocycles. The van der Waals surface area contributed by atoms with E-state index in [1.54, 1.807) is 31.9 Å². The maximum Gasteiger partial charge on any atom is 0.221 e. The number of anilines is 3. The van der Waals surface area contributed by atoms with Gasteiger partial charge in [-0.15, -0.1) is 0 Å². The second-order valence-electron chi connectivity index (χ2n) is 9.87. The Kier molecular flexibility index (Phi) is 7.30. The largest absolute Gasteiger partial charge is 0.481 e. The molecule has 1 aliphatic rings. The molecule has 208 valence electrons. The van der Waals surface area contributed by atoms with Gasteiger partial charge in [0, 0.05) is 58.9 Å². The molecule has 0 saturated carbocycles. The minimum Gasteiger partial charge on any atom is -0.481 e. The van der Waals surface area contributed by atoms with E-state index in [-0.39, 0.29) is 24.3 Å². The highest BCUT2D eigenvalue weighted by atomic mass is 16.5. The summed E-state index contributed by atoms with van der Waals surface area (Å²) in [5.41, 5.74) is 12.6. The molecular weight excluding hydrogens is 526 g/mol. The lowest BCUT2D eigenvalue weighted by Gasteiger charge is -2.30. The average Bonchev–Trinajstić information content (AvgIpc) is 3.18. The van der Waals surface area contributed by atoms with Crippen molar-refractivity contribution in [2.24, 2.45) is 0 Å². The molecule has 0 aliphatic carbocycles. The molecule has 1 unspecified atom stereocenters. The smallest absolute Gasteiger partial charge is 0.221 e. The first-order valence-electron chi connectivity index (χ1n) is 13.5. The van der Waals surface area contributed by atoms with E-state index in [1.807, 2.05) is 84.6 Å². The molecule has 9 nitrogen and oxygen atoms in total. The van der Waals surface area contributed by atoms with Crippen LogP contribution in [-0.4, -0.2) is 45.4 Å². The van der Waals surface area contributed by atoms with Crippen LogP contribution >= 0.6 is 0 Å². The maximum absolute atomic E-state index is 14.1. The monoisotopic (exact) mass is 555 g/mol. The van der Waals surface area contributed by atoms with Crippen molar-refractivity contribution >= 4 is 29.3 Å². The molecule has 0 bridgehead atoms. The van der Waals surface area contributed by atoms with E-state index in [0.29, 0.717) is 17.3 Å². The van der Waals surface area contributed by atoms with Crippen LogP contribution in [0.3, 0.4) is 0 Å². The number of para-hydroxylation sites is 1. The first-order chi connectivity index (χ1) is 20.5. The molecule has 5 aromatic rings. The van der Waals surface area contributed by atoms with Gasteiger partial charge in [-0.05, 0) is 54.0 Å². The number of fused-ring (bicyclic) bond motifs is 1. The van der Waals surface area contributed by atoms with Gasteiger partial charge in [0.15, 0.2) is 5.78 Å². The van der Waals surface area contributed by atoms with Gasteiger partial charge < -0.3 is 20.7 Å². The number of nitrogens with one attached hydrogen (secondary N) is 1. The number of carbonyl (C=O) groups excluding carboxylic acids is 1. The van der Waals surface area contributed by atoms with Gasteiger partial charge in [0.1, 0.15) is 5.82 Å². The van der Waals surface area contributed by atoms with Crippen LogP contribution in [0.15, 0.2) is 103 Å². The lowest BCUT2D eigenvalue weighted by Crippen LogP contribution is -2.35. The second-order valence-corrected chi connectivity index (χ2v) is 9.87. The zero-order chi connectivity index (χ0) is 29.1. The fourth-order valence-corrected chi connectivity index (χ4v) is 5.21. The van der Waals surface area contributed by atoms with Crippen molar-refractivity contribution in [3.63, 3.8) is 0 Å². The summed E-state index contributed by atoms with van der Waals surface area (Å²) in [4.78, 5) is 33.3. The van der Waals surface area contributed by atoms with Crippen molar-refractivity contribution in [3.8, 4) is 28.1 Å². The topological polar surface area (TPSA) is 119 Å². The number of hydrogen-bond donors (Lipinski definition) is 2. The fourth-order valence-electron chi connectivity index (χ4n) is 5.21. The van der Waals surface area contributed by atoms with E-state index in [0.717, 1.165) is 39.2 Å². The minimum absolute atomic E-state index is 0.000937. The van der Waals surface area contributed by atoms with Gasteiger partial charge in [0.25, 0.3) is 0 Å². The van der Waals surface area contributed by atoms with Crippen molar-refractivity contribution in [2.45, 2.75) is 13.0 Å². The highest BCUT2D eigenvalue weighted by molar-refractivity contribution is 6.09. The number of hydrogen-bond acceptors (Lipinski definition) is 9. The van der Waals surface area contributed by atoms with Crippen LogP contribution < -0.4 is 20.7 Å². The number of ketones is 1. The summed E-state index contributed by atoms with van der Waals surface area (Å²) >= 11 is 0. The number of nitrogens with zero attached hydrogens (tertiary/aromatic N) is 5. The highest BCUT2D eigenvalue weighted by Crippen LogP contribution is 2.35. The molecule has 6 rings (SSSR count). The normalized spacial score (nSPS) is 13.5. The van der Waals surface area contributed by atoms with Gasteiger partial charge in [-0.1, -0.05) is 42.5 Å². The Labute approximate surface area is 243 Å². The van der Waals surface area contributed by atoms with Crippen LogP contribution in [0.2, 0.25) is 0 Å². The molecule has 2 aromatic carbocycles. The minimum atomic E-state index is -0.279. The predicted molar refractivity (Wildman–Crippen MR) is 165 cm³/mol. The number of carbonyl (C=O) groups is 1. The van der Waals surface area contributed by atoms with Gasteiger partial charge in [-0.25, -0.2) is 9.97 Å². The van der Waals surface area contributed by atoms with Crippen molar-refractivity contribution < 1.29 is 9.53 Å². The summed E-state index contributed by atoms with van der Waals surface area (Å²) in [5.74, 6) is 1.22. The Morgan fingerprint density at radius 3 is 2.57 bits per heavy atom. The average molecular weight is 556 g/mol. The summed E-state index contributed by atoms with van der Waals surface area (Å²) < 4.78 is 5.35. The third kappa shape index (κ3) is 5.27. The number of nitrogens with two attached hydrogens (primary N) is 1. The van der Waals surface area contributed by atoms with Crippen molar-refractivity contribution in [3.05, 3.63) is 114 Å². The van der Waals surface area contributed by atoms with E-state index in [4.69, 9.17) is 10.5 Å². The SMILES string of the molecule is COc1cc(-c2cccc3c2C(=O)CN(c2ccccc2)C(C(C)Nc2nc(N)ncc2-c2cccnc2)=C3)ccn1. The van der Waals surface area contributed by atoms with Gasteiger partial charge in [-0.3, -0.25) is 9.78 Å². The molecule has 0 fully saturated rings. The third-order valence-electron chi connectivity index (χ3n) is 7.19.